The van der Waals surface area contributed by atoms with Gasteiger partial charge in [-0.2, -0.15) is 0 Å². The van der Waals surface area contributed by atoms with Crippen molar-refractivity contribution in [1.82, 2.24) is 5.32 Å². The van der Waals surface area contributed by atoms with Gasteiger partial charge in [-0.3, -0.25) is 4.21 Å². The molecule has 0 aromatic heterocycles. The quantitative estimate of drug-likeness (QED) is 0.810. The van der Waals surface area contributed by atoms with Gasteiger partial charge < -0.3 is 10.4 Å². The van der Waals surface area contributed by atoms with Gasteiger partial charge in [-0.15, -0.1) is 0 Å². The Kier molecular flexibility index (Phi) is 3.38. The molecule has 1 fully saturated rings. The summed E-state index contributed by atoms with van der Waals surface area (Å²) in [5, 5.41) is 12.5. The predicted octanol–water partition coefficient (Wildman–Crippen LogP) is 1.11. The van der Waals surface area contributed by atoms with Crippen LogP contribution in [0.4, 0.5) is 0 Å². The van der Waals surface area contributed by atoms with Crippen molar-refractivity contribution < 1.29 is 9.32 Å². The zero-order valence-corrected chi connectivity index (χ0v) is 9.30. The summed E-state index contributed by atoms with van der Waals surface area (Å²) in [6.45, 7) is 1.99. The van der Waals surface area contributed by atoms with Crippen molar-refractivity contribution in [3.8, 4) is 5.75 Å². The van der Waals surface area contributed by atoms with E-state index in [4.69, 9.17) is 0 Å². The maximum atomic E-state index is 11.9. The summed E-state index contributed by atoms with van der Waals surface area (Å²) in [5.74, 6) is 1.38. The van der Waals surface area contributed by atoms with Gasteiger partial charge >= 0.3 is 0 Å². The Bertz CT molecular complexity index is 361. The molecule has 3 nitrogen and oxygen atoms in total. The average molecular weight is 225 g/mol. The number of aromatic hydroxyl groups is 1. The minimum absolute atomic E-state index is 0.186. The lowest BCUT2D eigenvalue weighted by Gasteiger charge is -2.07. The van der Waals surface area contributed by atoms with E-state index in [2.05, 4.69) is 5.32 Å². The molecule has 0 amide bonds. The van der Waals surface area contributed by atoms with Crippen molar-refractivity contribution in [1.29, 1.82) is 0 Å². The first-order valence-electron chi connectivity index (χ1n) is 5.14. The average Bonchev–Trinajstić information content (AvgIpc) is 2.70. The molecular weight excluding hydrogens is 210 g/mol. The molecule has 2 unspecified atom stereocenters. The Hall–Kier alpha value is -0.870. The number of hydrogen-bond donors (Lipinski definition) is 2. The van der Waals surface area contributed by atoms with E-state index < -0.39 is 10.8 Å². The number of hydrogen-bond acceptors (Lipinski definition) is 3. The fraction of sp³-hybridized carbons (Fsp3) is 0.455. The van der Waals surface area contributed by atoms with Gasteiger partial charge in [0.2, 0.25) is 0 Å². The van der Waals surface area contributed by atoms with E-state index in [1.54, 1.807) is 24.3 Å². The third-order valence-electron chi connectivity index (χ3n) is 2.63. The molecule has 0 bridgehead atoms. The van der Waals surface area contributed by atoms with E-state index >= 15 is 0 Å². The number of nitrogens with one attached hydrogen (secondary N) is 1. The number of benzene rings is 1. The Morgan fingerprint density at radius 1 is 1.53 bits per heavy atom. The normalized spacial score (nSPS) is 22.8. The van der Waals surface area contributed by atoms with Gasteiger partial charge in [0, 0.05) is 10.6 Å². The van der Waals surface area contributed by atoms with E-state index in [1.165, 1.54) is 0 Å². The molecule has 1 heterocycles. The lowest BCUT2D eigenvalue weighted by Crippen LogP contribution is -2.15. The summed E-state index contributed by atoms with van der Waals surface area (Å²) >= 11 is 0. The van der Waals surface area contributed by atoms with Crippen LogP contribution in [0.15, 0.2) is 29.2 Å². The number of rotatable bonds is 3. The highest BCUT2D eigenvalue weighted by molar-refractivity contribution is 7.85. The maximum Gasteiger partial charge on any atom is 0.116 e. The van der Waals surface area contributed by atoms with Crippen molar-refractivity contribution in [2.24, 2.45) is 5.92 Å². The summed E-state index contributed by atoms with van der Waals surface area (Å²) in [4.78, 5) is 0.724. The molecule has 1 aliphatic rings. The molecular formula is C11H15NO2S. The molecule has 15 heavy (non-hydrogen) atoms. The van der Waals surface area contributed by atoms with Gasteiger partial charge in [-0.1, -0.05) is 6.07 Å². The van der Waals surface area contributed by atoms with Gasteiger partial charge in [0.15, 0.2) is 0 Å². The van der Waals surface area contributed by atoms with Crippen LogP contribution in [0.3, 0.4) is 0 Å². The van der Waals surface area contributed by atoms with Gasteiger partial charge in [0.05, 0.1) is 10.8 Å². The summed E-state index contributed by atoms with van der Waals surface area (Å²) in [6, 6.07) is 6.71. The van der Waals surface area contributed by atoms with Gasteiger partial charge in [-0.05, 0) is 43.6 Å². The molecule has 2 N–H and O–H groups in total. The molecule has 2 rings (SSSR count). The second kappa shape index (κ2) is 4.77. The third-order valence-corrected chi connectivity index (χ3v) is 4.18. The van der Waals surface area contributed by atoms with E-state index in [9.17, 15) is 9.32 Å². The van der Waals surface area contributed by atoms with E-state index in [0.717, 1.165) is 24.4 Å². The molecule has 1 aromatic carbocycles. The van der Waals surface area contributed by atoms with Crippen molar-refractivity contribution in [3.63, 3.8) is 0 Å². The monoisotopic (exact) mass is 225 g/mol. The van der Waals surface area contributed by atoms with Crippen LogP contribution in [-0.2, 0) is 10.8 Å². The molecule has 0 spiro atoms. The first kappa shape index (κ1) is 10.6. The van der Waals surface area contributed by atoms with Crippen LogP contribution in [0.25, 0.3) is 0 Å². The molecule has 0 radical (unpaired) electrons. The lowest BCUT2D eigenvalue weighted by molar-refractivity contribution is 0.473. The lowest BCUT2D eigenvalue weighted by atomic mass is 10.2. The first-order chi connectivity index (χ1) is 7.25. The van der Waals surface area contributed by atoms with Crippen LogP contribution in [0.5, 0.6) is 5.75 Å². The smallest absolute Gasteiger partial charge is 0.116 e. The minimum Gasteiger partial charge on any atom is -0.508 e. The van der Waals surface area contributed by atoms with Crippen LogP contribution in [0, 0.1) is 5.92 Å². The van der Waals surface area contributed by atoms with E-state index in [-0.39, 0.29) is 5.75 Å². The molecule has 4 heteroatoms. The van der Waals surface area contributed by atoms with E-state index in [0.29, 0.717) is 11.7 Å². The summed E-state index contributed by atoms with van der Waals surface area (Å²) in [5.41, 5.74) is 0. The maximum absolute atomic E-state index is 11.9. The van der Waals surface area contributed by atoms with Gasteiger partial charge in [-0.25, -0.2) is 0 Å². The number of phenolic OH excluding ortho intramolecular Hbond substituents is 1. The SMILES string of the molecule is O=S(CC1CCNC1)c1cccc(O)c1. The summed E-state index contributed by atoms with van der Waals surface area (Å²) < 4.78 is 11.9. The van der Waals surface area contributed by atoms with Gasteiger partial charge in [0.1, 0.15) is 5.75 Å². The topological polar surface area (TPSA) is 49.3 Å². The van der Waals surface area contributed by atoms with Crippen LogP contribution in [0.1, 0.15) is 6.42 Å². The molecule has 0 saturated carbocycles. The molecule has 1 aromatic rings. The van der Waals surface area contributed by atoms with Crippen LogP contribution < -0.4 is 5.32 Å². The molecule has 82 valence electrons. The first-order valence-corrected chi connectivity index (χ1v) is 6.46. The molecule has 0 aliphatic carbocycles. The minimum atomic E-state index is -0.984. The Morgan fingerprint density at radius 3 is 3.07 bits per heavy atom. The van der Waals surface area contributed by atoms with Gasteiger partial charge in [0.25, 0.3) is 0 Å². The van der Waals surface area contributed by atoms with Crippen LogP contribution in [-0.4, -0.2) is 28.2 Å². The Balaban J connectivity index is 2.01. The molecule has 2 atom stereocenters. The zero-order valence-electron chi connectivity index (χ0n) is 8.48. The standard InChI is InChI=1S/C11H15NO2S/c13-10-2-1-3-11(6-10)15(14)8-9-4-5-12-7-9/h1-3,6,9,12-13H,4-5,7-8H2. The third kappa shape index (κ3) is 2.79. The highest BCUT2D eigenvalue weighted by atomic mass is 32.2. The van der Waals surface area contributed by atoms with Crippen LogP contribution in [0.2, 0.25) is 0 Å². The van der Waals surface area contributed by atoms with Crippen molar-refractivity contribution >= 4 is 10.8 Å². The Labute approximate surface area is 92.0 Å². The zero-order chi connectivity index (χ0) is 10.7. The van der Waals surface area contributed by atoms with Crippen molar-refractivity contribution in [2.75, 3.05) is 18.8 Å². The highest BCUT2D eigenvalue weighted by Gasteiger charge is 2.18. The second-order valence-corrected chi connectivity index (χ2v) is 5.36. The highest BCUT2D eigenvalue weighted by Crippen LogP contribution is 2.18. The second-order valence-electron chi connectivity index (χ2n) is 3.87. The predicted molar refractivity (Wildman–Crippen MR) is 60.4 cm³/mol. The fourth-order valence-electron chi connectivity index (χ4n) is 1.79. The molecule has 1 saturated heterocycles. The summed E-state index contributed by atoms with van der Waals surface area (Å²) in [6.07, 6.45) is 1.10. The van der Waals surface area contributed by atoms with E-state index in [1.807, 2.05) is 0 Å². The van der Waals surface area contributed by atoms with Crippen LogP contribution >= 0.6 is 0 Å². The van der Waals surface area contributed by atoms with Crippen molar-refractivity contribution in [2.45, 2.75) is 11.3 Å². The van der Waals surface area contributed by atoms with Crippen molar-refractivity contribution in [3.05, 3.63) is 24.3 Å². The Morgan fingerprint density at radius 2 is 2.40 bits per heavy atom. The number of phenols is 1. The molecule has 1 aliphatic heterocycles. The summed E-state index contributed by atoms with van der Waals surface area (Å²) in [7, 11) is -0.984. The largest absolute Gasteiger partial charge is 0.508 e. The fourth-order valence-corrected chi connectivity index (χ4v) is 3.18.